The van der Waals surface area contributed by atoms with E-state index in [-0.39, 0.29) is 4.95 Å². The molecule has 1 aliphatic rings. The van der Waals surface area contributed by atoms with Crippen LogP contribution in [-0.2, 0) is 4.74 Å². The normalized spacial score (nSPS) is 18.5. The van der Waals surface area contributed by atoms with Crippen molar-refractivity contribution in [1.29, 1.82) is 0 Å². The number of alkyl halides is 1. The lowest BCUT2D eigenvalue weighted by Gasteiger charge is -2.31. The number of rotatable bonds is 5. The van der Waals surface area contributed by atoms with Gasteiger partial charge in [-0.25, -0.2) is 0 Å². The van der Waals surface area contributed by atoms with Crippen molar-refractivity contribution in [2.45, 2.75) is 30.6 Å². The molecule has 0 amide bonds. The molecule has 0 aliphatic carbocycles. The largest absolute Gasteiger partial charge is 0.361 e. The lowest BCUT2D eigenvalue weighted by Crippen LogP contribution is -2.27. The van der Waals surface area contributed by atoms with Gasteiger partial charge in [0.1, 0.15) is 11.7 Å². The van der Waals surface area contributed by atoms with Crippen LogP contribution in [0.1, 0.15) is 16.1 Å². The number of hydrogen-bond acceptors (Lipinski definition) is 2. The Hall–Kier alpha value is -0.583. The molecule has 0 radical (unpaired) electrons. The summed E-state index contributed by atoms with van der Waals surface area (Å²) in [6, 6.07) is 9.67. The average Bonchev–Trinajstić information content (AvgIpc) is 2.36. The van der Waals surface area contributed by atoms with Crippen molar-refractivity contribution in [2.75, 3.05) is 13.3 Å². The maximum absolute atomic E-state index is 5.81. The first kappa shape index (κ1) is 14.8. The van der Waals surface area contributed by atoms with E-state index in [9.17, 15) is 0 Å². The zero-order chi connectivity index (χ0) is 13.9. The lowest BCUT2D eigenvalue weighted by molar-refractivity contribution is 0.0573. The van der Waals surface area contributed by atoms with Crippen molar-refractivity contribution in [3.63, 3.8) is 0 Å². The van der Waals surface area contributed by atoms with E-state index in [0.29, 0.717) is 6.73 Å². The summed E-state index contributed by atoms with van der Waals surface area (Å²) in [6.45, 7) is 8.63. The molecule has 0 bridgehead atoms. The van der Waals surface area contributed by atoms with Gasteiger partial charge in [0.05, 0.1) is 0 Å². The van der Waals surface area contributed by atoms with Gasteiger partial charge in [0.15, 0.2) is 0 Å². The molecular formula is C15H22BrNOSi. The Balaban J connectivity index is 1.87. The smallest absolute Gasteiger partial charge is 0.119 e. The van der Waals surface area contributed by atoms with Crippen LogP contribution >= 0.6 is 15.9 Å². The summed E-state index contributed by atoms with van der Waals surface area (Å²) in [5.74, 6) is 0. The minimum absolute atomic E-state index is 0.209. The van der Waals surface area contributed by atoms with Gasteiger partial charge < -0.3 is 9.64 Å². The molecule has 104 valence electrons. The Morgan fingerprint density at radius 1 is 1.26 bits per heavy atom. The van der Waals surface area contributed by atoms with Crippen LogP contribution in [-0.4, -0.2) is 26.3 Å². The van der Waals surface area contributed by atoms with Gasteiger partial charge in [0, 0.05) is 20.9 Å². The molecule has 1 unspecified atom stereocenters. The summed E-state index contributed by atoms with van der Waals surface area (Å²) in [5, 5.41) is 0. The molecular weight excluding hydrogens is 318 g/mol. The molecule has 1 aromatic rings. The number of hydrogen-bond donors (Lipinski definition) is 0. The molecule has 0 fully saturated rings. The highest BCUT2D eigenvalue weighted by Gasteiger charge is 2.20. The number of nitrogens with zero attached hydrogens (tertiary/aromatic N) is 1. The van der Waals surface area contributed by atoms with Gasteiger partial charge in [-0.1, -0.05) is 59.8 Å². The Kier molecular flexibility index (Phi) is 4.87. The van der Waals surface area contributed by atoms with Gasteiger partial charge in [-0.3, -0.25) is 0 Å². The fourth-order valence-corrected chi connectivity index (χ4v) is 3.40. The van der Waals surface area contributed by atoms with Crippen molar-refractivity contribution in [3.8, 4) is 0 Å². The quantitative estimate of drug-likeness (QED) is 0.334. The Morgan fingerprint density at radius 2 is 2.00 bits per heavy atom. The number of benzene rings is 1. The molecule has 0 N–H and O–H groups in total. The SMILES string of the molecule is C[Si](C)(C)CCOCN1C=Cc2ccccc2C1Br. The topological polar surface area (TPSA) is 12.5 Å². The third-order valence-corrected chi connectivity index (χ3v) is 5.95. The van der Waals surface area contributed by atoms with Crippen molar-refractivity contribution in [1.82, 2.24) is 4.90 Å². The fraction of sp³-hybridized carbons (Fsp3) is 0.467. The molecule has 2 nitrogen and oxygen atoms in total. The molecule has 0 saturated carbocycles. The summed E-state index contributed by atoms with van der Waals surface area (Å²) < 4.78 is 5.81. The molecule has 1 aliphatic heterocycles. The highest BCUT2D eigenvalue weighted by Crippen LogP contribution is 2.34. The van der Waals surface area contributed by atoms with Gasteiger partial charge in [-0.05, 0) is 23.2 Å². The van der Waals surface area contributed by atoms with E-state index in [1.54, 1.807) is 0 Å². The second kappa shape index (κ2) is 6.24. The van der Waals surface area contributed by atoms with Crippen LogP contribution in [0.5, 0.6) is 0 Å². The number of halogens is 1. The zero-order valence-corrected chi connectivity index (χ0v) is 14.5. The van der Waals surface area contributed by atoms with Crippen molar-refractivity contribution >= 4 is 30.1 Å². The minimum Gasteiger partial charge on any atom is -0.361 e. The van der Waals surface area contributed by atoms with Crippen LogP contribution in [0.25, 0.3) is 6.08 Å². The summed E-state index contributed by atoms with van der Waals surface area (Å²) in [7, 11) is -0.992. The summed E-state index contributed by atoms with van der Waals surface area (Å²) in [6.07, 6.45) is 4.26. The predicted octanol–water partition coefficient (Wildman–Crippen LogP) is 4.68. The van der Waals surface area contributed by atoms with Crippen LogP contribution in [0, 0.1) is 0 Å². The number of fused-ring (bicyclic) bond motifs is 1. The molecule has 0 aromatic heterocycles. The standard InChI is InChI=1S/C15H22BrNOSi/c1-19(2,3)11-10-18-12-17-9-8-13-6-4-5-7-14(13)15(17)16/h4-9,15H,10-12H2,1-3H3. The first-order valence-electron chi connectivity index (χ1n) is 6.72. The molecule has 19 heavy (non-hydrogen) atoms. The lowest BCUT2D eigenvalue weighted by atomic mass is 10.0. The maximum atomic E-state index is 5.81. The summed E-state index contributed by atoms with van der Waals surface area (Å²) >= 11 is 3.75. The molecule has 4 heteroatoms. The monoisotopic (exact) mass is 339 g/mol. The van der Waals surface area contributed by atoms with Gasteiger partial charge in [0.2, 0.25) is 0 Å². The molecule has 1 heterocycles. The van der Waals surface area contributed by atoms with E-state index < -0.39 is 8.07 Å². The van der Waals surface area contributed by atoms with Crippen molar-refractivity contribution in [3.05, 3.63) is 41.6 Å². The van der Waals surface area contributed by atoms with Gasteiger partial charge in [0.25, 0.3) is 0 Å². The van der Waals surface area contributed by atoms with Gasteiger partial charge in [-0.15, -0.1) is 0 Å². The van der Waals surface area contributed by atoms with Gasteiger partial charge in [-0.2, -0.15) is 0 Å². The predicted molar refractivity (Wildman–Crippen MR) is 88.0 cm³/mol. The van der Waals surface area contributed by atoms with Crippen LogP contribution < -0.4 is 0 Å². The second-order valence-electron chi connectivity index (χ2n) is 6.14. The first-order chi connectivity index (χ1) is 8.97. The van der Waals surface area contributed by atoms with Crippen molar-refractivity contribution < 1.29 is 4.74 Å². The van der Waals surface area contributed by atoms with Crippen LogP contribution in [0.3, 0.4) is 0 Å². The molecule has 0 saturated heterocycles. The number of ether oxygens (including phenoxy) is 1. The molecule has 1 aromatic carbocycles. The molecule has 1 atom stereocenters. The molecule has 0 spiro atoms. The second-order valence-corrected chi connectivity index (χ2v) is 12.6. The van der Waals surface area contributed by atoms with E-state index in [2.05, 4.69) is 77.0 Å². The van der Waals surface area contributed by atoms with Crippen molar-refractivity contribution in [2.24, 2.45) is 0 Å². The molecule has 2 rings (SSSR count). The summed E-state index contributed by atoms with van der Waals surface area (Å²) in [5.41, 5.74) is 2.58. The van der Waals surface area contributed by atoms with E-state index in [1.807, 2.05) is 0 Å². The highest BCUT2D eigenvalue weighted by molar-refractivity contribution is 9.09. The van der Waals surface area contributed by atoms with E-state index in [1.165, 1.54) is 17.2 Å². The third-order valence-electron chi connectivity index (χ3n) is 3.23. The van der Waals surface area contributed by atoms with E-state index >= 15 is 0 Å². The summed E-state index contributed by atoms with van der Waals surface area (Å²) in [4.78, 5) is 2.40. The average molecular weight is 340 g/mol. The fourth-order valence-electron chi connectivity index (χ4n) is 1.97. The Morgan fingerprint density at radius 3 is 2.74 bits per heavy atom. The highest BCUT2D eigenvalue weighted by atomic mass is 79.9. The zero-order valence-electron chi connectivity index (χ0n) is 11.9. The maximum Gasteiger partial charge on any atom is 0.119 e. The van der Waals surface area contributed by atoms with E-state index in [0.717, 1.165) is 6.61 Å². The Bertz CT molecular complexity index is 456. The first-order valence-corrected chi connectivity index (χ1v) is 11.3. The van der Waals surface area contributed by atoms with Crippen LogP contribution in [0.4, 0.5) is 0 Å². The third kappa shape index (κ3) is 4.19. The Labute approximate surface area is 125 Å². The van der Waals surface area contributed by atoms with Crippen LogP contribution in [0.15, 0.2) is 30.5 Å². The van der Waals surface area contributed by atoms with E-state index in [4.69, 9.17) is 4.74 Å². The van der Waals surface area contributed by atoms with Crippen LogP contribution in [0.2, 0.25) is 25.7 Å². The minimum atomic E-state index is -0.992. The van der Waals surface area contributed by atoms with Gasteiger partial charge >= 0.3 is 0 Å².